The third-order valence-corrected chi connectivity index (χ3v) is 10.5. The molecule has 36 heavy (non-hydrogen) atoms. The van der Waals surface area contributed by atoms with E-state index in [4.69, 9.17) is 16.3 Å². The third-order valence-electron chi connectivity index (χ3n) is 7.16. The molecule has 1 aliphatic carbocycles. The van der Waals surface area contributed by atoms with Gasteiger partial charge in [-0.25, -0.2) is 22.0 Å². The third kappa shape index (κ3) is 4.97. The van der Waals surface area contributed by atoms with Gasteiger partial charge in [-0.3, -0.25) is 0 Å². The summed E-state index contributed by atoms with van der Waals surface area (Å²) in [5, 5.41) is -0.232. The van der Waals surface area contributed by atoms with Gasteiger partial charge in [0.2, 0.25) is 10.0 Å². The lowest BCUT2D eigenvalue weighted by Crippen LogP contribution is -2.54. The van der Waals surface area contributed by atoms with E-state index in [0.717, 1.165) is 29.7 Å². The fourth-order valence-corrected chi connectivity index (χ4v) is 8.57. The zero-order valence-corrected chi connectivity index (χ0v) is 21.9. The average molecular weight is 557 g/mol. The van der Waals surface area contributed by atoms with Crippen LogP contribution in [-0.4, -0.2) is 60.0 Å². The number of thioether (sulfide) groups is 1. The van der Waals surface area contributed by atoms with Crippen molar-refractivity contribution in [3.05, 3.63) is 64.7 Å². The van der Waals surface area contributed by atoms with E-state index in [2.05, 4.69) is 0 Å². The largest absolute Gasteiger partial charge is 0.441 e. The van der Waals surface area contributed by atoms with E-state index in [1.54, 1.807) is 28.8 Å². The number of carbonyl (C=O) groups excluding carboxylic acids is 1. The number of nitrogens with zero attached hydrogens (tertiary/aromatic N) is 2. The Morgan fingerprint density at radius 2 is 1.78 bits per heavy atom. The lowest BCUT2D eigenvalue weighted by atomic mass is 9.90. The summed E-state index contributed by atoms with van der Waals surface area (Å²) in [4.78, 5) is 14.5. The summed E-state index contributed by atoms with van der Waals surface area (Å²) < 4.78 is 63.6. The quantitative estimate of drug-likeness (QED) is 0.478. The van der Waals surface area contributed by atoms with Crippen molar-refractivity contribution in [2.45, 2.75) is 54.7 Å². The summed E-state index contributed by atoms with van der Waals surface area (Å²) in [5.74, 6) is 0.540. The number of halogens is 3. The topological polar surface area (TPSA) is 66.9 Å². The predicted octanol–water partition coefficient (Wildman–Crippen LogP) is 5.62. The van der Waals surface area contributed by atoms with Crippen LogP contribution in [-0.2, 0) is 14.8 Å². The molecule has 0 radical (unpaired) electrons. The van der Waals surface area contributed by atoms with Crippen LogP contribution >= 0.6 is 23.4 Å². The molecule has 0 aromatic heterocycles. The predicted molar refractivity (Wildman–Crippen MR) is 135 cm³/mol. The molecule has 1 saturated carbocycles. The molecule has 0 spiro atoms. The molecule has 194 valence electrons. The Labute approximate surface area is 219 Å². The SMILES string of the molecule is O=C(OC1([C@H]2CCC[C@@H](c3cccc(F)c3)N2S(=O)(=O)c2ccc(F)cc2Cl)CC1)N1CCSCC1. The van der Waals surface area contributed by atoms with Gasteiger partial charge in [-0.2, -0.15) is 16.1 Å². The van der Waals surface area contributed by atoms with Crippen molar-refractivity contribution in [2.75, 3.05) is 24.6 Å². The molecular formula is C25H27ClF2N2O4S2. The van der Waals surface area contributed by atoms with E-state index < -0.39 is 45.4 Å². The Bertz CT molecular complexity index is 1250. The Balaban J connectivity index is 1.55. The van der Waals surface area contributed by atoms with Crippen LogP contribution < -0.4 is 0 Å². The lowest BCUT2D eigenvalue weighted by Gasteiger charge is -2.45. The molecular weight excluding hydrogens is 530 g/mol. The van der Waals surface area contributed by atoms with Crippen LogP contribution in [0.1, 0.15) is 43.7 Å². The Morgan fingerprint density at radius 1 is 1.06 bits per heavy atom. The molecule has 0 unspecified atom stereocenters. The van der Waals surface area contributed by atoms with Gasteiger partial charge in [0.25, 0.3) is 0 Å². The first kappa shape index (κ1) is 25.8. The minimum absolute atomic E-state index is 0.228. The zero-order valence-electron chi connectivity index (χ0n) is 19.5. The van der Waals surface area contributed by atoms with Crippen LogP contribution in [0.4, 0.5) is 13.6 Å². The maximum atomic E-state index is 14.2. The van der Waals surface area contributed by atoms with E-state index >= 15 is 0 Å². The van der Waals surface area contributed by atoms with Crippen molar-refractivity contribution in [3.63, 3.8) is 0 Å². The second kappa shape index (κ2) is 10.1. The van der Waals surface area contributed by atoms with Crippen LogP contribution in [0.5, 0.6) is 0 Å². The van der Waals surface area contributed by atoms with Crippen LogP contribution in [0, 0.1) is 11.6 Å². The first-order valence-corrected chi connectivity index (χ1v) is 15.0. The summed E-state index contributed by atoms with van der Waals surface area (Å²) in [6.07, 6.45) is 2.25. The highest BCUT2D eigenvalue weighted by Gasteiger charge is 2.60. The molecule has 0 N–H and O–H groups in total. The average Bonchev–Trinajstić information content (AvgIpc) is 3.64. The highest BCUT2D eigenvalue weighted by Crippen LogP contribution is 2.53. The number of rotatable bonds is 5. The maximum Gasteiger partial charge on any atom is 0.410 e. The summed E-state index contributed by atoms with van der Waals surface area (Å²) in [6.45, 7) is 1.17. The van der Waals surface area contributed by atoms with Gasteiger partial charge < -0.3 is 9.64 Å². The molecule has 2 aromatic carbocycles. The van der Waals surface area contributed by atoms with Gasteiger partial charge in [0.1, 0.15) is 22.1 Å². The van der Waals surface area contributed by atoms with Crippen molar-refractivity contribution in [1.29, 1.82) is 0 Å². The maximum absolute atomic E-state index is 14.2. The Morgan fingerprint density at radius 3 is 2.44 bits per heavy atom. The van der Waals surface area contributed by atoms with Crippen molar-refractivity contribution >= 4 is 39.5 Å². The fraction of sp³-hybridized carbons (Fsp3) is 0.480. The van der Waals surface area contributed by atoms with Gasteiger partial charge in [-0.05, 0) is 68.0 Å². The molecule has 0 bridgehead atoms. The van der Waals surface area contributed by atoms with Crippen LogP contribution in [0.3, 0.4) is 0 Å². The Kier molecular flexibility index (Phi) is 7.24. The second-order valence-electron chi connectivity index (χ2n) is 9.46. The minimum Gasteiger partial charge on any atom is -0.441 e. The number of benzene rings is 2. The fourth-order valence-electron chi connectivity index (χ4n) is 5.24. The standard InChI is InChI=1S/C25H27ClF2N2O4S2/c26-20-16-19(28)7-8-22(20)36(32,33)30-21(17-3-1-4-18(27)15-17)5-2-6-23(30)25(9-10-25)34-24(31)29-11-13-35-14-12-29/h1,3-4,7-8,15-16,21,23H,2,5-6,9-14H2/t21-,23+/m0/s1. The lowest BCUT2D eigenvalue weighted by molar-refractivity contribution is -0.00748. The molecule has 3 aliphatic rings. The molecule has 5 rings (SSSR count). The zero-order chi connectivity index (χ0) is 25.5. The van der Waals surface area contributed by atoms with E-state index in [1.165, 1.54) is 16.4 Å². The summed E-state index contributed by atoms with van der Waals surface area (Å²) in [7, 11) is -4.27. The summed E-state index contributed by atoms with van der Waals surface area (Å²) in [5.41, 5.74) is -0.454. The second-order valence-corrected chi connectivity index (χ2v) is 12.9. The molecule has 1 amide bonds. The van der Waals surface area contributed by atoms with Crippen molar-refractivity contribution < 1.29 is 26.7 Å². The van der Waals surface area contributed by atoms with Crippen molar-refractivity contribution in [1.82, 2.24) is 9.21 Å². The molecule has 2 aromatic rings. The molecule has 11 heteroatoms. The highest BCUT2D eigenvalue weighted by molar-refractivity contribution is 7.99. The minimum atomic E-state index is -4.27. The van der Waals surface area contributed by atoms with E-state index in [0.29, 0.717) is 50.8 Å². The van der Waals surface area contributed by atoms with Gasteiger partial charge in [-0.1, -0.05) is 23.7 Å². The van der Waals surface area contributed by atoms with Crippen LogP contribution in [0.15, 0.2) is 47.4 Å². The van der Waals surface area contributed by atoms with E-state index in [-0.39, 0.29) is 9.92 Å². The number of hydrogen-bond donors (Lipinski definition) is 0. The first-order valence-electron chi connectivity index (χ1n) is 12.0. The molecule has 2 heterocycles. The molecule has 2 aliphatic heterocycles. The van der Waals surface area contributed by atoms with Gasteiger partial charge in [0, 0.05) is 24.6 Å². The van der Waals surface area contributed by atoms with Gasteiger partial charge in [0.05, 0.1) is 17.1 Å². The highest BCUT2D eigenvalue weighted by atomic mass is 35.5. The van der Waals surface area contributed by atoms with Crippen LogP contribution in [0.2, 0.25) is 5.02 Å². The number of ether oxygens (including phenoxy) is 1. The molecule has 2 saturated heterocycles. The monoisotopic (exact) mass is 556 g/mol. The number of piperidine rings is 1. The van der Waals surface area contributed by atoms with Crippen molar-refractivity contribution in [2.24, 2.45) is 0 Å². The number of amides is 1. The Hall–Kier alpha value is -1.88. The first-order chi connectivity index (χ1) is 17.2. The summed E-state index contributed by atoms with van der Waals surface area (Å²) in [6, 6.07) is 7.70. The summed E-state index contributed by atoms with van der Waals surface area (Å²) >= 11 is 7.99. The molecule has 3 fully saturated rings. The normalized spacial score (nSPS) is 24.4. The van der Waals surface area contributed by atoms with Gasteiger partial charge in [0.15, 0.2) is 0 Å². The van der Waals surface area contributed by atoms with Gasteiger partial charge >= 0.3 is 6.09 Å². The number of hydrogen-bond acceptors (Lipinski definition) is 5. The number of carbonyl (C=O) groups is 1. The van der Waals surface area contributed by atoms with Crippen molar-refractivity contribution in [3.8, 4) is 0 Å². The molecule has 2 atom stereocenters. The van der Waals surface area contributed by atoms with Gasteiger partial charge in [-0.15, -0.1) is 0 Å². The van der Waals surface area contributed by atoms with Crippen LogP contribution in [0.25, 0.3) is 0 Å². The molecule has 6 nitrogen and oxygen atoms in total. The number of sulfonamides is 1. The smallest absolute Gasteiger partial charge is 0.410 e. The van der Waals surface area contributed by atoms with E-state index in [9.17, 15) is 22.0 Å². The van der Waals surface area contributed by atoms with E-state index in [1.807, 2.05) is 0 Å².